The molecular weight excluding hydrogens is 380 g/mol. The van der Waals surface area contributed by atoms with E-state index in [4.69, 9.17) is 0 Å². The molecule has 1 aliphatic rings. The molecule has 0 bridgehead atoms. The lowest BCUT2D eigenvalue weighted by molar-refractivity contribution is -0.909. The van der Waals surface area contributed by atoms with Crippen molar-refractivity contribution in [3.63, 3.8) is 0 Å². The van der Waals surface area contributed by atoms with E-state index in [9.17, 15) is 4.79 Å². The lowest BCUT2D eigenvalue weighted by Gasteiger charge is -2.19. The highest BCUT2D eigenvalue weighted by Crippen LogP contribution is 2.30. The van der Waals surface area contributed by atoms with E-state index in [1.54, 1.807) is 4.90 Å². The van der Waals surface area contributed by atoms with Crippen LogP contribution in [0, 0.1) is 6.92 Å². The first-order valence-electron chi connectivity index (χ1n) is 9.34. The molecule has 144 valence electrons. The number of nitrogens with zero attached hydrogens (tertiary/aromatic N) is 2. The number of likely N-dealkylation sites (N-methyl/N-ethyl adjacent to an activating group) is 1. The Hall–Kier alpha value is -1.89. The van der Waals surface area contributed by atoms with Gasteiger partial charge >= 0.3 is 0 Å². The zero-order chi connectivity index (χ0) is 18.1. The van der Waals surface area contributed by atoms with Gasteiger partial charge in [0.05, 0.1) is 35.9 Å². The van der Waals surface area contributed by atoms with Gasteiger partial charge in [0.1, 0.15) is 10.9 Å². The third-order valence-corrected chi connectivity index (χ3v) is 6.47. The Bertz CT molecular complexity index is 921. The molecule has 0 spiro atoms. The van der Waals surface area contributed by atoms with Gasteiger partial charge in [-0.3, -0.25) is 4.79 Å². The van der Waals surface area contributed by atoms with Gasteiger partial charge in [-0.25, -0.2) is 4.68 Å². The van der Waals surface area contributed by atoms with Crippen molar-refractivity contribution in [2.75, 3.05) is 19.6 Å². The number of para-hydroxylation sites is 1. The van der Waals surface area contributed by atoms with Crippen molar-refractivity contribution in [1.29, 1.82) is 0 Å². The fraction of sp³-hybridized carbons (Fsp3) is 0.400. The van der Waals surface area contributed by atoms with E-state index in [1.165, 1.54) is 30.7 Å². The van der Waals surface area contributed by atoms with E-state index >= 15 is 0 Å². The lowest BCUT2D eigenvalue weighted by atomic mass is 10.2. The van der Waals surface area contributed by atoms with Crippen molar-refractivity contribution in [3.05, 3.63) is 47.0 Å². The fourth-order valence-corrected chi connectivity index (χ4v) is 5.00. The minimum absolute atomic E-state index is 0. The number of aromatic nitrogens is 2. The maximum absolute atomic E-state index is 12.7. The number of fused-ring (bicyclic) bond motifs is 1. The second-order valence-electron chi connectivity index (χ2n) is 6.97. The van der Waals surface area contributed by atoms with Crippen LogP contribution in [0.4, 0.5) is 0 Å². The highest BCUT2D eigenvalue weighted by molar-refractivity contribution is 7.20. The summed E-state index contributed by atoms with van der Waals surface area (Å²) in [4.78, 5) is 16.1. The second kappa shape index (κ2) is 8.42. The predicted octanol–water partition coefficient (Wildman–Crippen LogP) is -0.804. The zero-order valence-corrected chi connectivity index (χ0v) is 17.2. The van der Waals surface area contributed by atoms with Gasteiger partial charge in [-0.05, 0) is 32.0 Å². The standard InChI is InChI=1S/C20H24N4OS.ClH/c1-3-23-11-7-10-16(23)13-21-19(25)18-12-17-14(2)22-24(20(17)26-18)15-8-5-4-6-9-15;/h4-6,8-9,12,16H,3,7,10-11,13H2,1-2H3,(H,21,25);1H. The molecule has 2 atom stereocenters. The van der Waals surface area contributed by atoms with E-state index in [-0.39, 0.29) is 18.3 Å². The molecule has 3 heterocycles. The van der Waals surface area contributed by atoms with Crippen LogP contribution in [0.5, 0.6) is 0 Å². The molecule has 0 saturated carbocycles. The number of rotatable bonds is 5. The molecule has 0 radical (unpaired) electrons. The number of amides is 1. The van der Waals surface area contributed by atoms with Crippen LogP contribution in [0.1, 0.15) is 35.1 Å². The number of benzene rings is 1. The molecule has 5 nitrogen and oxygen atoms in total. The van der Waals surface area contributed by atoms with Gasteiger partial charge in [0, 0.05) is 18.2 Å². The number of quaternary nitrogens is 1. The fourth-order valence-electron chi connectivity index (χ4n) is 3.90. The molecule has 2 N–H and O–H groups in total. The van der Waals surface area contributed by atoms with Gasteiger partial charge < -0.3 is 22.6 Å². The first-order valence-corrected chi connectivity index (χ1v) is 10.2. The number of likely N-dealkylation sites (tertiary alicyclic amines) is 1. The van der Waals surface area contributed by atoms with Crippen LogP contribution in [0.15, 0.2) is 36.4 Å². The largest absolute Gasteiger partial charge is 1.00 e. The van der Waals surface area contributed by atoms with Crippen LogP contribution in [-0.4, -0.2) is 41.4 Å². The van der Waals surface area contributed by atoms with Crippen LogP contribution in [0.2, 0.25) is 0 Å². The summed E-state index contributed by atoms with van der Waals surface area (Å²) in [6.07, 6.45) is 2.47. The molecule has 4 rings (SSSR count). The number of carbonyl (C=O) groups is 1. The Labute approximate surface area is 169 Å². The van der Waals surface area contributed by atoms with Crippen LogP contribution in [0.25, 0.3) is 15.9 Å². The molecule has 1 fully saturated rings. The monoisotopic (exact) mass is 404 g/mol. The van der Waals surface area contributed by atoms with Gasteiger partial charge in [0.25, 0.3) is 5.91 Å². The second-order valence-corrected chi connectivity index (χ2v) is 8.00. The molecule has 2 aromatic heterocycles. The molecular formula is C20H25ClN4OS. The number of hydrogen-bond acceptors (Lipinski definition) is 3. The van der Waals surface area contributed by atoms with Crippen molar-refractivity contribution >= 4 is 27.5 Å². The summed E-state index contributed by atoms with van der Waals surface area (Å²) in [5.74, 6) is 0.0348. The number of hydrogen-bond donors (Lipinski definition) is 2. The summed E-state index contributed by atoms with van der Waals surface area (Å²) in [5, 5.41) is 8.86. The minimum Gasteiger partial charge on any atom is -1.00 e. The first-order chi connectivity index (χ1) is 12.7. The Morgan fingerprint density at radius 1 is 1.37 bits per heavy atom. The Morgan fingerprint density at radius 2 is 2.15 bits per heavy atom. The third-order valence-electron chi connectivity index (χ3n) is 5.36. The molecule has 7 heteroatoms. The van der Waals surface area contributed by atoms with Crippen molar-refractivity contribution in [1.82, 2.24) is 15.1 Å². The number of carbonyl (C=O) groups excluding carboxylic acids is 1. The van der Waals surface area contributed by atoms with Gasteiger partial charge in [-0.1, -0.05) is 18.2 Å². The van der Waals surface area contributed by atoms with Crippen molar-refractivity contribution in [2.45, 2.75) is 32.7 Å². The molecule has 3 aromatic rings. The average molecular weight is 405 g/mol. The Morgan fingerprint density at radius 3 is 2.89 bits per heavy atom. The van der Waals surface area contributed by atoms with E-state index < -0.39 is 0 Å². The highest BCUT2D eigenvalue weighted by atomic mass is 35.5. The van der Waals surface area contributed by atoms with E-state index in [2.05, 4.69) is 17.3 Å². The number of thiophene rings is 1. The number of aryl methyl sites for hydroxylation is 1. The molecule has 1 amide bonds. The minimum atomic E-state index is 0. The highest BCUT2D eigenvalue weighted by Gasteiger charge is 2.27. The summed E-state index contributed by atoms with van der Waals surface area (Å²) < 4.78 is 1.94. The Kier molecular flexibility index (Phi) is 6.19. The van der Waals surface area contributed by atoms with E-state index in [1.807, 2.05) is 48.0 Å². The van der Waals surface area contributed by atoms with E-state index in [0.717, 1.165) is 39.6 Å². The molecule has 1 aliphatic heterocycles. The smallest absolute Gasteiger partial charge is 0.261 e. The summed E-state index contributed by atoms with van der Waals surface area (Å²) >= 11 is 1.52. The van der Waals surface area contributed by atoms with Gasteiger partial charge in [0.15, 0.2) is 0 Å². The molecule has 1 aromatic carbocycles. The molecule has 0 aliphatic carbocycles. The van der Waals surface area contributed by atoms with Crippen molar-refractivity contribution < 1.29 is 22.1 Å². The first kappa shape index (κ1) is 19.9. The van der Waals surface area contributed by atoms with Crippen molar-refractivity contribution in [2.24, 2.45) is 0 Å². The quantitative estimate of drug-likeness (QED) is 0.585. The van der Waals surface area contributed by atoms with Crippen LogP contribution in [0.3, 0.4) is 0 Å². The number of halogens is 1. The van der Waals surface area contributed by atoms with Crippen LogP contribution >= 0.6 is 11.3 Å². The maximum atomic E-state index is 12.7. The van der Waals surface area contributed by atoms with Gasteiger partial charge in [0.2, 0.25) is 0 Å². The van der Waals surface area contributed by atoms with Crippen LogP contribution < -0.4 is 22.6 Å². The topological polar surface area (TPSA) is 51.4 Å². The molecule has 1 saturated heterocycles. The maximum Gasteiger partial charge on any atom is 0.261 e. The van der Waals surface area contributed by atoms with E-state index in [0.29, 0.717) is 6.04 Å². The number of nitrogens with one attached hydrogen (secondary N) is 2. The zero-order valence-electron chi connectivity index (χ0n) is 15.7. The normalized spacial score (nSPS) is 19.2. The van der Waals surface area contributed by atoms with Crippen molar-refractivity contribution in [3.8, 4) is 5.69 Å². The SMILES string of the molecule is CC[NH+]1CCCC1CNC(=O)c1cc2c(C)nn(-c3ccccc3)c2s1.[Cl-]. The Balaban J connectivity index is 0.00000210. The predicted molar refractivity (Wildman–Crippen MR) is 105 cm³/mol. The molecule has 2 unspecified atom stereocenters. The summed E-state index contributed by atoms with van der Waals surface area (Å²) in [6, 6.07) is 12.6. The average Bonchev–Trinajstić information content (AvgIpc) is 3.36. The summed E-state index contributed by atoms with van der Waals surface area (Å²) in [5.41, 5.74) is 1.98. The van der Waals surface area contributed by atoms with Crippen LogP contribution in [-0.2, 0) is 0 Å². The third kappa shape index (κ3) is 3.88. The molecule has 27 heavy (non-hydrogen) atoms. The summed E-state index contributed by atoms with van der Waals surface area (Å²) in [6.45, 7) is 7.35. The summed E-state index contributed by atoms with van der Waals surface area (Å²) in [7, 11) is 0. The lowest BCUT2D eigenvalue weighted by Crippen LogP contribution is -3.14. The van der Waals surface area contributed by atoms with Gasteiger partial charge in [-0.15, -0.1) is 11.3 Å². The van der Waals surface area contributed by atoms with Gasteiger partial charge in [-0.2, -0.15) is 5.10 Å².